The molecule has 0 radical (unpaired) electrons. The molecule has 19 heavy (non-hydrogen) atoms. The van der Waals surface area contributed by atoms with Crippen molar-refractivity contribution in [2.45, 2.75) is 38.3 Å². The van der Waals surface area contributed by atoms with Crippen molar-refractivity contribution in [1.82, 2.24) is 14.7 Å². The molecular weight excluding hydrogens is 240 g/mol. The summed E-state index contributed by atoms with van der Waals surface area (Å²) in [6, 6.07) is 0.222. The summed E-state index contributed by atoms with van der Waals surface area (Å²) >= 11 is 0. The van der Waals surface area contributed by atoms with Crippen LogP contribution in [0.5, 0.6) is 0 Å². The van der Waals surface area contributed by atoms with Gasteiger partial charge in [0.05, 0.1) is 18.3 Å². The van der Waals surface area contributed by atoms with E-state index in [0.717, 1.165) is 19.6 Å². The van der Waals surface area contributed by atoms with Crippen molar-refractivity contribution in [2.24, 2.45) is 12.8 Å². The molecule has 5 heteroatoms. The van der Waals surface area contributed by atoms with Crippen LogP contribution in [-0.2, 0) is 11.8 Å². The molecule has 2 rings (SSSR count). The van der Waals surface area contributed by atoms with Crippen LogP contribution in [0.1, 0.15) is 36.6 Å². The highest BCUT2D eigenvalue weighted by molar-refractivity contribution is 5.21. The summed E-state index contributed by atoms with van der Waals surface area (Å²) in [5.41, 5.74) is 8.38. The van der Waals surface area contributed by atoms with Crippen LogP contribution in [0.4, 0.5) is 0 Å². The molecule has 2 heterocycles. The Morgan fingerprint density at radius 3 is 2.89 bits per heavy atom. The molecule has 1 aromatic rings. The molecule has 108 valence electrons. The van der Waals surface area contributed by atoms with E-state index in [4.69, 9.17) is 10.5 Å². The molecule has 5 nitrogen and oxygen atoms in total. The number of likely N-dealkylation sites (N-methyl/N-ethyl adjacent to an activating group) is 1. The molecule has 1 aliphatic rings. The van der Waals surface area contributed by atoms with Gasteiger partial charge in [-0.25, -0.2) is 0 Å². The normalized spacial score (nSPS) is 21.8. The Bertz CT molecular complexity index is 398. The van der Waals surface area contributed by atoms with E-state index in [-0.39, 0.29) is 6.04 Å². The third kappa shape index (κ3) is 3.35. The Balaban J connectivity index is 2.02. The maximum absolute atomic E-state index is 5.97. The molecule has 0 spiro atoms. The van der Waals surface area contributed by atoms with E-state index < -0.39 is 0 Å². The van der Waals surface area contributed by atoms with E-state index in [0.29, 0.717) is 12.6 Å². The average Bonchev–Trinajstić information content (AvgIpc) is 2.73. The molecule has 1 saturated heterocycles. The van der Waals surface area contributed by atoms with E-state index in [1.54, 1.807) is 0 Å². The van der Waals surface area contributed by atoms with Gasteiger partial charge in [-0.2, -0.15) is 5.10 Å². The SMILES string of the molecule is Cc1c(C(CN)N(C)CC2CCCCO2)cnn1C. The highest BCUT2D eigenvalue weighted by atomic mass is 16.5. The lowest BCUT2D eigenvalue weighted by Gasteiger charge is -2.32. The van der Waals surface area contributed by atoms with Crippen LogP contribution in [0.25, 0.3) is 0 Å². The minimum absolute atomic E-state index is 0.222. The monoisotopic (exact) mass is 266 g/mol. The number of aryl methyl sites for hydroxylation is 1. The minimum atomic E-state index is 0.222. The van der Waals surface area contributed by atoms with Gasteiger partial charge in [-0.1, -0.05) is 0 Å². The second-order valence-corrected chi connectivity index (χ2v) is 5.49. The van der Waals surface area contributed by atoms with Crippen molar-refractivity contribution in [3.05, 3.63) is 17.5 Å². The van der Waals surface area contributed by atoms with Crippen LogP contribution in [0.2, 0.25) is 0 Å². The smallest absolute Gasteiger partial charge is 0.0702 e. The molecule has 1 aliphatic heterocycles. The minimum Gasteiger partial charge on any atom is -0.377 e. The Kier molecular flexibility index (Phi) is 4.96. The molecule has 1 fully saturated rings. The van der Waals surface area contributed by atoms with Gasteiger partial charge in [0.1, 0.15) is 0 Å². The second kappa shape index (κ2) is 6.50. The summed E-state index contributed by atoms with van der Waals surface area (Å²) in [6.45, 7) is 4.54. The van der Waals surface area contributed by atoms with Gasteiger partial charge < -0.3 is 10.5 Å². The van der Waals surface area contributed by atoms with Crippen LogP contribution in [-0.4, -0.2) is 47.5 Å². The van der Waals surface area contributed by atoms with Crippen LogP contribution in [0.15, 0.2) is 6.20 Å². The van der Waals surface area contributed by atoms with Gasteiger partial charge in [-0.15, -0.1) is 0 Å². The van der Waals surface area contributed by atoms with E-state index in [1.807, 2.05) is 17.9 Å². The largest absolute Gasteiger partial charge is 0.377 e. The Morgan fingerprint density at radius 1 is 1.58 bits per heavy atom. The summed E-state index contributed by atoms with van der Waals surface area (Å²) < 4.78 is 7.72. The number of hydrogen-bond acceptors (Lipinski definition) is 4. The fourth-order valence-electron chi connectivity index (χ4n) is 2.79. The number of rotatable bonds is 5. The lowest BCUT2D eigenvalue weighted by molar-refractivity contribution is -0.00782. The topological polar surface area (TPSA) is 56.3 Å². The first kappa shape index (κ1) is 14.5. The van der Waals surface area contributed by atoms with Crippen molar-refractivity contribution < 1.29 is 4.74 Å². The first-order valence-electron chi connectivity index (χ1n) is 7.14. The molecular formula is C14H26N4O. The van der Waals surface area contributed by atoms with Gasteiger partial charge in [-0.3, -0.25) is 9.58 Å². The quantitative estimate of drug-likeness (QED) is 0.871. The Hall–Kier alpha value is -0.910. The molecule has 0 saturated carbocycles. The van der Waals surface area contributed by atoms with Crippen LogP contribution < -0.4 is 5.73 Å². The summed E-state index contributed by atoms with van der Waals surface area (Å²) in [5.74, 6) is 0. The summed E-state index contributed by atoms with van der Waals surface area (Å²) in [6.07, 6.45) is 5.92. The average molecular weight is 266 g/mol. The maximum Gasteiger partial charge on any atom is 0.0702 e. The van der Waals surface area contributed by atoms with Crippen molar-refractivity contribution in [1.29, 1.82) is 0 Å². The number of nitrogens with zero attached hydrogens (tertiary/aromatic N) is 3. The highest BCUT2D eigenvalue weighted by Gasteiger charge is 2.23. The third-order valence-electron chi connectivity index (χ3n) is 4.15. The number of nitrogens with two attached hydrogens (primary N) is 1. The molecule has 0 amide bonds. The van der Waals surface area contributed by atoms with E-state index >= 15 is 0 Å². The first-order valence-corrected chi connectivity index (χ1v) is 7.14. The molecule has 2 unspecified atom stereocenters. The predicted octanol–water partition coefficient (Wildman–Crippen LogP) is 1.23. The zero-order valence-electron chi connectivity index (χ0n) is 12.3. The van der Waals surface area contributed by atoms with Crippen LogP contribution >= 0.6 is 0 Å². The van der Waals surface area contributed by atoms with Gasteiger partial charge in [-0.05, 0) is 33.2 Å². The molecule has 0 bridgehead atoms. The first-order chi connectivity index (χ1) is 9.13. The van der Waals surface area contributed by atoms with Gasteiger partial charge in [0.2, 0.25) is 0 Å². The highest BCUT2D eigenvalue weighted by Crippen LogP contribution is 2.23. The van der Waals surface area contributed by atoms with Gasteiger partial charge in [0.25, 0.3) is 0 Å². The summed E-state index contributed by atoms with van der Waals surface area (Å²) in [5, 5.41) is 4.32. The molecule has 1 aromatic heterocycles. The summed E-state index contributed by atoms with van der Waals surface area (Å²) in [4.78, 5) is 2.31. The van der Waals surface area contributed by atoms with Crippen molar-refractivity contribution in [3.8, 4) is 0 Å². The lowest BCUT2D eigenvalue weighted by atomic mass is 10.0. The molecule has 2 atom stereocenters. The molecule has 0 aromatic carbocycles. The number of ether oxygens (including phenoxy) is 1. The second-order valence-electron chi connectivity index (χ2n) is 5.49. The maximum atomic E-state index is 5.97. The summed E-state index contributed by atoms with van der Waals surface area (Å²) in [7, 11) is 4.10. The Labute approximate surface area is 115 Å². The van der Waals surface area contributed by atoms with Crippen LogP contribution in [0.3, 0.4) is 0 Å². The number of aromatic nitrogens is 2. The Morgan fingerprint density at radius 2 is 2.37 bits per heavy atom. The van der Waals surface area contributed by atoms with E-state index in [1.165, 1.54) is 24.1 Å². The van der Waals surface area contributed by atoms with Crippen molar-refractivity contribution in [3.63, 3.8) is 0 Å². The van der Waals surface area contributed by atoms with Crippen molar-refractivity contribution >= 4 is 0 Å². The third-order valence-corrected chi connectivity index (χ3v) is 4.15. The predicted molar refractivity (Wildman–Crippen MR) is 76.0 cm³/mol. The van der Waals surface area contributed by atoms with Crippen molar-refractivity contribution in [2.75, 3.05) is 26.7 Å². The molecule has 0 aliphatic carbocycles. The lowest BCUT2D eigenvalue weighted by Crippen LogP contribution is -2.38. The zero-order chi connectivity index (χ0) is 13.8. The van der Waals surface area contributed by atoms with Gasteiger partial charge in [0, 0.05) is 38.0 Å². The molecule has 2 N–H and O–H groups in total. The van der Waals surface area contributed by atoms with E-state index in [9.17, 15) is 0 Å². The fourth-order valence-corrected chi connectivity index (χ4v) is 2.79. The fraction of sp³-hybridized carbons (Fsp3) is 0.786. The van der Waals surface area contributed by atoms with Crippen LogP contribution in [0, 0.1) is 6.92 Å². The van der Waals surface area contributed by atoms with Gasteiger partial charge >= 0.3 is 0 Å². The zero-order valence-corrected chi connectivity index (χ0v) is 12.3. The van der Waals surface area contributed by atoms with E-state index in [2.05, 4.69) is 24.0 Å². The van der Waals surface area contributed by atoms with Gasteiger partial charge in [0.15, 0.2) is 0 Å². The standard InChI is InChI=1S/C14H26N4O/c1-11-13(9-16-18(11)3)14(8-15)17(2)10-12-6-4-5-7-19-12/h9,12,14H,4-8,10,15H2,1-3H3. The number of hydrogen-bond donors (Lipinski definition) is 1.